The molecule has 0 saturated heterocycles. The molecule has 0 bridgehead atoms. The van der Waals surface area contributed by atoms with Crippen molar-refractivity contribution in [1.29, 1.82) is 0 Å². The topological polar surface area (TPSA) is 49.4 Å². The number of fused-ring (bicyclic) bond motifs is 1. The van der Waals surface area contributed by atoms with Crippen LogP contribution < -0.4 is 5.32 Å². The summed E-state index contributed by atoms with van der Waals surface area (Å²) in [5.41, 5.74) is 2.83. The Morgan fingerprint density at radius 2 is 1.59 bits per heavy atom. The summed E-state index contributed by atoms with van der Waals surface area (Å²) in [5, 5.41) is 6.18. The second-order valence-electron chi connectivity index (χ2n) is 9.00. The summed E-state index contributed by atoms with van der Waals surface area (Å²) < 4.78 is 0. The van der Waals surface area contributed by atoms with E-state index in [2.05, 4.69) is 29.6 Å². The number of benzene rings is 4. The molecule has 0 heterocycles. The average Bonchev–Trinajstić information content (AvgIpc) is 2.91. The first-order valence-corrected chi connectivity index (χ1v) is 13.2. The quantitative estimate of drug-likeness (QED) is 0.242. The van der Waals surface area contributed by atoms with Crippen molar-refractivity contribution in [3.63, 3.8) is 0 Å². The monoisotopic (exact) mass is 532 g/mol. The minimum absolute atomic E-state index is 0.105. The van der Waals surface area contributed by atoms with E-state index in [1.165, 1.54) is 0 Å². The highest BCUT2D eigenvalue weighted by Crippen LogP contribution is 2.25. The number of carbonyl (C=O) groups is 2. The maximum absolute atomic E-state index is 13.9. The second kappa shape index (κ2) is 12.8. The van der Waals surface area contributed by atoms with Crippen molar-refractivity contribution in [2.24, 2.45) is 0 Å². The predicted molar refractivity (Wildman–Crippen MR) is 152 cm³/mol. The highest BCUT2D eigenvalue weighted by atomic mass is 35.5. The van der Waals surface area contributed by atoms with Gasteiger partial charge in [0.25, 0.3) is 0 Å². The molecule has 1 N–H and O–H groups in total. The molecule has 4 rings (SSSR count). The lowest BCUT2D eigenvalue weighted by Crippen LogP contribution is -2.50. The fourth-order valence-corrected chi connectivity index (χ4v) is 5.04. The van der Waals surface area contributed by atoms with E-state index in [1.807, 2.05) is 61.5 Å². The van der Waals surface area contributed by atoms with Crippen LogP contribution in [0, 0.1) is 0 Å². The van der Waals surface area contributed by atoms with Crippen LogP contribution in [0.15, 0.2) is 91.0 Å². The number of carbonyl (C=O) groups excluding carboxylic acids is 2. The van der Waals surface area contributed by atoms with Gasteiger partial charge in [0.2, 0.25) is 11.8 Å². The second-order valence-corrected chi connectivity index (χ2v) is 9.84. The third-order valence-electron chi connectivity index (χ3n) is 6.47. The van der Waals surface area contributed by atoms with Crippen LogP contribution in [-0.2, 0) is 29.0 Å². The van der Waals surface area contributed by atoms with Crippen LogP contribution >= 0.6 is 23.2 Å². The SMILES string of the molecule is CCNC(=O)[C@H](Cc1ccccc1)N(Cc1ccc(Cl)cc1Cl)C(=O)CCc1cccc2ccccc12. The minimum atomic E-state index is -0.686. The van der Waals surface area contributed by atoms with Crippen LogP contribution in [0.3, 0.4) is 0 Å². The van der Waals surface area contributed by atoms with E-state index in [-0.39, 0.29) is 24.8 Å². The van der Waals surface area contributed by atoms with Crippen LogP contribution in [0.2, 0.25) is 10.0 Å². The van der Waals surface area contributed by atoms with Crippen molar-refractivity contribution in [2.75, 3.05) is 6.54 Å². The zero-order valence-corrected chi connectivity index (χ0v) is 22.3. The first-order valence-electron chi connectivity index (χ1n) is 12.5. The summed E-state index contributed by atoms with van der Waals surface area (Å²) >= 11 is 12.6. The largest absolute Gasteiger partial charge is 0.355 e. The molecular formula is C31H30Cl2N2O2. The number of hydrogen-bond acceptors (Lipinski definition) is 2. The Bertz CT molecular complexity index is 1370. The zero-order chi connectivity index (χ0) is 26.2. The van der Waals surface area contributed by atoms with Crippen molar-refractivity contribution in [3.05, 3.63) is 118 Å². The molecule has 2 amide bonds. The minimum Gasteiger partial charge on any atom is -0.355 e. The number of hydrogen-bond donors (Lipinski definition) is 1. The first-order chi connectivity index (χ1) is 18.0. The molecule has 0 aromatic heterocycles. The molecule has 6 heteroatoms. The van der Waals surface area contributed by atoms with Crippen molar-refractivity contribution in [3.8, 4) is 0 Å². The van der Waals surface area contributed by atoms with E-state index in [4.69, 9.17) is 23.2 Å². The molecule has 0 saturated carbocycles. The highest BCUT2D eigenvalue weighted by molar-refractivity contribution is 6.35. The van der Waals surface area contributed by atoms with Gasteiger partial charge in [0.15, 0.2) is 0 Å². The van der Waals surface area contributed by atoms with Gasteiger partial charge >= 0.3 is 0 Å². The van der Waals surface area contributed by atoms with E-state index in [9.17, 15) is 9.59 Å². The van der Waals surface area contributed by atoms with Crippen molar-refractivity contribution < 1.29 is 9.59 Å². The standard InChI is InChI=1S/C31H30Cl2N2O2/c1-2-34-31(37)29(19-22-9-4-3-5-10-22)35(21-25-15-17-26(32)20-28(25)33)30(36)18-16-24-13-8-12-23-11-6-7-14-27(23)24/h3-15,17,20,29H,2,16,18-19,21H2,1H3,(H,34,37)/t29-/m0/s1. The summed E-state index contributed by atoms with van der Waals surface area (Å²) in [6.45, 7) is 2.56. The molecule has 0 aliphatic carbocycles. The van der Waals surface area contributed by atoms with Crippen molar-refractivity contribution >= 4 is 45.8 Å². The third-order valence-corrected chi connectivity index (χ3v) is 7.05. The number of nitrogens with zero attached hydrogens (tertiary/aromatic N) is 1. The van der Waals surface area contributed by atoms with E-state index in [0.717, 1.165) is 27.5 Å². The molecule has 4 aromatic carbocycles. The van der Waals surface area contributed by atoms with Gasteiger partial charge in [-0.25, -0.2) is 0 Å². The number of nitrogens with one attached hydrogen (secondary N) is 1. The molecule has 0 spiro atoms. The van der Waals surface area contributed by atoms with Gasteiger partial charge in [-0.3, -0.25) is 9.59 Å². The van der Waals surface area contributed by atoms with Gasteiger partial charge in [0.05, 0.1) is 0 Å². The van der Waals surface area contributed by atoms with Crippen molar-refractivity contribution in [1.82, 2.24) is 10.2 Å². The molecule has 37 heavy (non-hydrogen) atoms. The lowest BCUT2D eigenvalue weighted by atomic mass is 9.99. The predicted octanol–water partition coefficient (Wildman–Crippen LogP) is 6.86. The molecular weight excluding hydrogens is 503 g/mol. The fraction of sp³-hybridized carbons (Fsp3) is 0.226. The highest BCUT2D eigenvalue weighted by Gasteiger charge is 2.30. The Kier molecular flexibility index (Phi) is 9.21. The third kappa shape index (κ3) is 6.91. The number of likely N-dealkylation sites (N-methyl/N-ethyl adjacent to an activating group) is 1. The van der Waals surface area contributed by atoms with Crippen LogP contribution in [0.1, 0.15) is 30.0 Å². The summed E-state index contributed by atoms with van der Waals surface area (Å²) in [4.78, 5) is 28.8. The van der Waals surface area contributed by atoms with E-state index in [0.29, 0.717) is 29.4 Å². The van der Waals surface area contributed by atoms with Gasteiger partial charge in [-0.1, -0.05) is 102 Å². The molecule has 1 atom stereocenters. The molecule has 0 fully saturated rings. The van der Waals surface area contributed by atoms with E-state index < -0.39 is 6.04 Å². The van der Waals surface area contributed by atoms with E-state index >= 15 is 0 Å². The van der Waals surface area contributed by atoms with Gasteiger partial charge < -0.3 is 10.2 Å². The van der Waals surface area contributed by atoms with Gasteiger partial charge in [0, 0.05) is 36.0 Å². The smallest absolute Gasteiger partial charge is 0.243 e. The Balaban J connectivity index is 1.65. The molecule has 190 valence electrons. The number of aryl methyl sites for hydroxylation is 1. The molecule has 0 aliphatic rings. The Labute approximate surface area is 228 Å². The van der Waals surface area contributed by atoms with Crippen LogP contribution in [0.4, 0.5) is 0 Å². The number of amides is 2. The molecule has 0 radical (unpaired) electrons. The summed E-state index contributed by atoms with van der Waals surface area (Å²) in [6.07, 6.45) is 1.24. The average molecular weight is 533 g/mol. The Morgan fingerprint density at radius 1 is 0.865 bits per heavy atom. The summed E-state index contributed by atoms with van der Waals surface area (Å²) in [5.74, 6) is -0.291. The maximum atomic E-state index is 13.9. The Hall–Kier alpha value is -3.34. The molecule has 4 nitrogen and oxygen atoms in total. The van der Waals surface area contributed by atoms with Gasteiger partial charge in [0.1, 0.15) is 6.04 Å². The molecule has 0 aliphatic heterocycles. The fourth-order valence-electron chi connectivity index (χ4n) is 4.58. The van der Waals surface area contributed by atoms with Gasteiger partial charge in [-0.2, -0.15) is 0 Å². The lowest BCUT2D eigenvalue weighted by Gasteiger charge is -2.32. The van der Waals surface area contributed by atoms with E-state index in [1.54, 1.807) is 17.0 Å². The Morgan fingerprint density at radius 3 is 2.35 bits per heavy atom. The summed E-state index contributed by atoms with van der Waals surface area (Å²) in [6, 6.07) is 28.6. The van der Waals surface area contributed by atoms with Gasteiger partial charge in [-0.15, -0.1) is 0 Å². The number of halogens is 2. The van der Waals surface area contributed by atoms with Crippen LogP contribution in [-0.4, -0.2) is 29.3 Å². The summed E-state index contributed by atoms with van der Waals surface area (Å²) in [7, 11) is 0. The zero-order valence-electron chi connectivity index (χ0n) is 20.8. The first kappa shape index (κ1) is 26.7. The van der Waals surface area contributed by atoms with Crippen molar-refractivity contribution in [2.45, 2.75) is 38.8 Å². The molecule has 4 aromatic rings. The normalized spacial score (nSPS) is 11.8. The number of rotatable bonds is 10. The molecule has 0 unspecified atom stereocenters. The van der Waals surface area contributed by atoms with Gasteiger partial charge in [-0.05, 0) is 52.9 Å². The maximum Gasteiger partial charge on any atom is 0.243 e. The van der Waals surface area contributed by atoms with Crippen LogP contribution in [0.25, 0.3) is 10.8 Å². The van der Waals surface area contributed by atoms with Crippen LogP contribution in [0.5, 0.6) is 0 Å². The lowest BCUT2D eigenvalue weighted by molar-refractivity contribution is -0.141.